The highest BCUT2D eigenvalue weighted by atomic mass is 32.2. The van der Waals surface area contributed by atoms with Crippen LogP contribution in [0, 0.1) is 0 Å². The number of ether oxygens (including phenoxy) is 2. The maximum Gasteiger partial charge on any atom is 0.338 e. The molecule has 1 heterocycles. The molecule has 0 saturated carbocycles. The highest BCUT2D eigenvalue weighted by Crippen LogP contribution is 2.43. The Hall–Kier alpha value is -2.12. The number of hydrogen-bond donors (Lipinski definition) is 1. The Labute approximate surface area is 173 Å². The van der Waals surface area contributed by atoms with Gasteiger partial charge >= 0.3 is 5.97 Å². The van der Waals surface area contributed by atoms with Gasteiger partial charge in [0, 0.05) is 5.69 Å². The first-order valence-electron chi connectivity index (χ1n) is 9.06. The smallest absolute Gasteiger partial charge is 0.338 e. The molecule has 0 unspecified atom stereocenters. The van der Waals surface area contributed by atoms with E-state index in [0.29, 0.717) is 21.6 Å². The van der Waals surface area contributed by atoms with Crippen molar-refractivity contribution in [2.45, 2.75) is 24.0 Å². The lowest BCUT2D eigenvalue weighted by molar-refractivity contribution is -0.123. The van der Waals surface area contributed by atoms with E-state index in [1.165, 1.54) is 23.5 Å². The van der Waals surface area contributed by atoms with Crippen LogP contribution in [0.4, 0.5) is 5.69 Å². The summed E-state index contributed by atoms with van der Waals surface area (Å²) in [6.07, 6.45) is 0.339. The number of carbonyl (C=O) groups excluding carboxylic acids is 2. The van der Waals surface area contributed by atoms with Crippen LogP contribution in [0.2, 0.25) is 0 Å². The van der Waals surface area contributed by atoms with Gasteiger partial charge in [-0.05, 0) is 66.8 Å². The van der Waals surface area contributed by atoms with E-state index in [1.807, 2.05) is 35.7 Å². The molecule has 3 rings (SSSR count). The third kappa shape index (κ3) is 5.45. The van der Waals surface area contributed by atoms with Crippen molar-refractivity contribution >= 4 is 41.1 Å². The van der Waals surface area contributed by atoms with Crippen LogP contribution >= 0.6 is 23.5 Å². The van der Waals surface area contributed by atoms with Crippen molar-refractivity contribution in [3.63, 3.8) is 0 Å². The SMILES string of the molecule is COc1ccc(NC(=O)[C@H](C)OC(=O)c2ccc(C3SCCCS3)cc2)cc1. The Balaban J connectivity index is 1.54. The van der Waals surface area contributed by atoms with Gasteiger partial charge < -0.3 is 14.8 Å². The molecule has 28 heavy (non-hydrogen) atoms. The molecule has 1 amide bonds. The van der Waals surface area contributed by atoms with Gasteiger partial charge in [-0.15, -0.1) is 23.5 Å². The zero-order valence-electron chi connectivity index (χ0n) is 15.8. The van der Waals surface area contributed by atoms with E-state index in [2.05, 4.69) is 5.32 Å². The van der Waals surface area contributed by atoms with E-state index in [1.54, 1.807) is 50.4 Å². The molecule has 2 aromatic rings. The summed E-state index contributed by atoms with van der Waals surface area (Å²) in [6.45, 7) is 1.56. The summed E-state index contributed by atoms with van der Waals surface area (Å²) in [5.41, 5.74) is 2.26. The average Bonchev–Trinajstić information content (AvgIpc) is 2.75. The standard InChI is InChI=1S/C21H23NO4S2/c1-14(19(23)22-17-8-10-18(25-2)11-9-17)26-20(24)15-4-6-16(7-5-15)21-27-12-3-13-28-21/h4-11,14,21H,3,12-13H2,1-2H3,(H,22,23)/t14-/m0/s1. The Morgan fingerprint density at radius 2 is 1.68 bits per heavy atom. The lowest BCUT2D eigenvalue weighted by atomic mass is 10.1. The first kappa shape index (κ1) is 20.6. The summed E-state index contributed by atoms with van der Waals surface area (Å²) in [5, 5.41) is 2.72. The van der Waals surface area contributed by atoms with Crippen LogP contribution in [0.5, 0.6) is 5.75 Å². The van der Waals surface area contributed by atoms with Crippen molar-refractivity contribution in [3.05, 3.63) is 59.7 Å². The average molecular weight is 418 g/mol. The quantitative estimate of drug-likeness (QED) is 0.685. The van der Waals surface area contributed by atoms with Crippen molar-refractivity contribution in [2.24, 2.45) is 0 Å². The monoisotopic (exact) mass is 417 g/mol. The molecule has 1 N–H and O–H groups in total. The van der Waals surface area contributed by atoms with Crippen LogP contribution in [-0.4, -0.2) is 36.6 Å². The minimum absolute atomic E-state index is 0.384. The van der Waals surface area contributed by atoms with Crippen molar-refractivity contribution in [1.29, 1.82) is 0 Å². The zero-order chi connectivity index (χ0) is 19.9. The van der Waals surface area contributed by atoms with Crippen molar-refractivity contribution in [1.82, 2.24) is 0 Å². The van der Waals surface area contributed by atoms with Gasteiger partial charge in [0.25, 0.3) is 5.91 Å². The molecule has 1 aliphatic heterocycles. The number of benzene rings is 2. The molecular formula is C21H23NO4S2. The lowest BCUT2D eigenvalue weighted by Gasteiger charge is -2.21. The predicted octanol–water partition coefficient (Wildman–Crippen LogP) is 4.75. The van der Waals surface area contributed by atoms with Crippen molar-refractivity contribution < 1.29 is 19.1 Å². The molecule has 2 aromatic carbocycles. The molecular weight excluding hydrogens is 394 g/mol. The van der Waals surface area contributed by atoms with Crippen LogP contribution in [0.3, 0.4) is 0 Å². The summed E-state index contributed by atoms with van der Waals surface area (Å²) in [7, 11) is 1.58. The minimum atomic E-state index is -0.904. The number of rotatable bonds is 6. The van der Waals surface area contributed by atoms with E-state index in [4.69, 9.17) is 9.47 Å². The number of anilines is 1. The second-order valence-corrected chi connectivity index (χ2v) is 9.04. The second-order valence-electron chi connectivity index (χ2n) is 6.31. The van der Waals surface area contributed by atoms with Gasteiger partial charge in [0.1, 0.15) is 5.75 Å². The van der Waals surface area contributed by atoms with E-state index >= 15 is 0 Å². The minimum Gasteiger partial charge on any atom is -0.497 e. The molecule has 7 heteroatoms. The number of hydrogen-bond acceptors (Lipinski definition) is 6. The van der Waals surface area contributed by atoms with Crippen LogP contribution in [-0.2, 0) is 9.53 Å². The second kappa shape index (κ2) is 9.89. The fourth-order valence-corrected chi connectivity index (χ4v) is 5.55. The largest absolute Gasteiger partial charge is 0.497 e. The highest BCUT2D eigenvalue weighted by Gasteiger charge is 2.20. The van der Waals surface area contributed by atoms with E-state index in [0.717, 1.165) is 0 Å². The molecule has 1 atom stereocenters. The maximum atomic E-state index is 12.4. The molecule has 1 fully saturated rings. The molecule has 0 bridgehead atoms. The van der Waals surface area contributed by atoms with Gasteiger partial charge in [0.05, 0.1) is 17.3 Å². The number of amides is 1. The Morgan fingerprint density at radius 3 is 2.29 bits per heavy atom. The van der Waals surface area contributed by atoms with Gasteiger partial charge in [-0.2, -0.15) is 0 Å². The van der Waals surface area contributed by atoms with Crippen molar-refractivity contribution in [3.8, 4) is 5.75 Å². The fraction of sp³-hybridized carbons (Fsp3) is 0.333. The molecule has 5 nitrogen and oxygen atoms in total. The van der Waals surface area contributed by atoms with Gasteiger partial charge in [-0.1, -0.05) is 12.1 Å². The number of thioether (sulfide) groups is 2. The van der Waals surface area contributed by atoms with E-state index in [-0.39, 0.29) is 5.91 Å². The number of esters is 1. The van der Waals surface area contributed by atoms with Gasteiger partial charge in [0.15, 0.2) is 6.10 Å². The molecule has 0 radical (unpaired) electrons. The normalized spacial score (nSPS) is 15.5. The number of methoxy groups -OCH3 is 1. The molecule has 0 aliphatic carbocycles. The molecule has 1 saturated heterocycles. The third-order valence-electron chi connectivity index (χ3n) is 4.26. The third-order valence-corrected chi connectivity index (χ3v) is 7.27. The molecule has 1 aliphatic rings. The van der Waals surface area contributed by atoms with Crippen LogP contribution in [0.15, 0.2) is 48.5 Å². The summed E-state index contributed by atoms with van der Waals surface area (Å²) < 4.78 is 10.8. The maximum absolute atomic E-state index is 12.4. The Morgan fingerprint density at radius 1 is 1.04 bits per heavy atom. The molecule has 0 spiro atoms. The molecule has 0 aromatic heterocycles. The molecule has 148 valence electrons. The zero-order valence-corrected chi connectivity index (χ0v) is 17.5. The Kier molecular flexibility index (Phi) is 7.28. The fourth-order valence-electron chi connectivity index (χ4n) is 2.66. The van der Waals surface area contributed by atoms with Gasteiger partial charge in [0.2, 0.25) is 0 Å². The highest BCUT2D eigenvalue weighted by molar-refractivity contribution is 8.16. The summed E-state index contributed by atoms with van der Waals surface area (Å²) in [6, 6.07) is 14.4. The Bertz CT molecular complexity index is 802. The van der Waals surface area contributed by atoms with Crippen molar-refractivity contribution in [2.75, 3.05) is 23.9 Å². The number of nitrogens with one attached hydrogen (secondary N) is 1. The summed E-state index contributed by atoms with van der Waals surface area (Å²) in [5.74, 6) is 2.15. The van der Waals surface area contributed by atoms with Gasteiger partial charge in [-0.25, -0.2) is 4.79 Å². The lowest BCUT2D eigenvalue weighted by Crippen LogP contribution is -2.30. The van der Waals surface area contributed by atoms with E-state index in [9.17, 15) is 9.59 Å². The topological polar surface area (TPSA) is 64.6 Å². The number of carbonyl (C=O) groups is 2. The first-order chi connectivity index (χ1) is 13.6. The van der Waals surface area contributed by atoms with E-state index < -0.39 is 12.1 Å². The first-order valence-corrected chi connectivity index (χ1v) is 11.2. The van der Waals surface area contributed by atoms with Crippen LogP contribution < -0.4 is 10.1 Å². The summed E-state index contributed by atoms with van der Waals surface area (Å²) in [4.78, 5) is 24.6. The predicted molar refractivity (Wildman–Crippen MR) is 115 cm³/mol. The van der Waals surface area contributed by atoms with Crippen LogP contribution in [0.1, 0.15) is 33.8 Å². The van der Waals surface area contributed by atoms with Gasteiger partial charge in [-0.3, -0.25) is 4.79 Å². The van der Waals surface area contributed by atoms with Crippen LogP contribution in [0.25, 0.3) is 0 Å². The summed E-state index contributed by atoms with van der Waals surface area (Å²) >= 11 is 3.87.